The Balaban J connectivity index is 2.20. The predicted octanol–water partition coefficient (Wildman–Crippen LogP) is 5.53. The molecule has 0 heterocycles. The molecule has 0 amide bonds. The number of rotatable bonds is 5. The molecule has 112 valence electrons. The van der Waals surface area contributed by atoms with E-state index in [4.69, 9.17) is 0 Å². The first kappa shape index (κ1) is 16.1. The summed E-state index contributed by atoms with van der Waals surface area (Å²) in [6, 6.07) is 11.4. The molecular formula is C17H18BrF2N. The zero-order chi connectivity index (χ0) is 15.4. The highest BCUT2D eigenvalue weighted by Gasteiger charge is 2.17. The second kappa shape index (κ2) is 7.14. The first-order valence-electron chi connectivity index (χ1n) is 6.97. The molecule has 1 N–H and O–H groups in total. The molecule has 0 saturated heterocycles. The van der Waals surface area contributed by atoms with Gasteiger partial charge < -0.3 is 5.32 Å². The van der Waals surface area contributed by atoms with E-state index in [-0.39, 0.29) is 17.9 Å². The average Bonchev–Trinajstić information content (AvgIpc) is 2.47. The van der Waals surface area contributed by atoms with Crippen molar-refractivity contribution >= 4 is 15.9 Å². The van der Waals surface area contributed by atoms with Gasteiger partial charge in [0.05, 0.1) is 0 Å². The van der Waals surface area contributed by atoms with Crippen LogP contribution in [0.5, 0.6) is 0 Å². The van der Waals surface area contributed by atoms with E-state index in [1.54, 1.807) is 0 Å². The molecular weight excluding hydrogens is 336 g/mol. The minimum Gasteiger partial charge on any atom is -0.303 e. The van der Waals surface area contributed by atoms with Crippen LogP contribution in [0.1, 0.15) is 43.5 Å². The molecule has 21 heavy (non-hydrogen) atoms. The number of hydrogen-bond donors (Lipinski definition) is 1. The molecule has 2 unspecified atom stereocenters. The second-order valence-corrected chi connectivity index (χ2v) is 5.99. The van der Waals surface area contributed by atoms with Crippen molar-refractivity contribution < 1.29 is 8.78 Å². The van der Waals surface area contributed by atoms with Gasteiger partial charge in [-0.25, -0.2) is 8.78 Å². The van der Waals surface area contributed by atoms with E-state index >= 15 is 0 Å². The first-order valence-corrected chi connectivity index (χ1v) is 7.77. The van der Waals surface area contributed by atoms with Gasteiger partial charge in [0.15, 0.2) is 0 Å². The Bertz CT molecular complexity index is 615. The van der Waals surface area contributed by atoms with Crippen molar-refractivity contribution in [2.45, 2.75) is 32.4 Å². The highest BCUT2D eigenvalue weighted by Crippen LogP contribution is 2.25. The summed E-state index contributed by atoms with van der Waals surface area (Å²) in [6.07, 6.45) is 0.859. The number of hydrogen-bond acceptors (Lipinski definition) is 1. The minimum absolute atomic E-state index is 0.0835. The molecule has 0 bridgehead atoms. The molecule has 2 atom stereocenters. The third kappa shape index (κ3) is 4.11. The molecule has 0 fully saturated rings. The number of halogens is 3. The lowest BCUT2D eigenvalue weighted by atomic mass is 10.0. The molecule has 0 aromatic heterocycles. The lowest BCUT2D eigenvalue weighted by molar-refractivity contribution is 0.440. The van der Waals surface area contributed by atoms with Crippen LogP contribution in [0.15, 0.2) is 46.9 Å². The molecule has 0 aliphatic rings. The highest BCUT2D eigenvalue weighted by atomic mass is 79.9. The Labute approximate surface area is 132 Å². The van der Waals surface area contributed by atoms with Crippen LogP contribution in [0.25, 0.3) is 0 Å². The van der Waals surface area contributed by atoms with Crippen LogP contribution < -0.4 is 5.32 Å². The molecule has 2 aromatic rings. The lowest BCUT2D eigenvalue weighted by Crippen LogP contribution is -2.25. The van der Waals surface area contributed by atoms with E-state index in [1.165, 1.54) is 12.1 Å². The van der Waals surface area contributed by atoms with E-state index in [9.17, 15) is 8.78 Å². The van der Waals surface area contributed by atoms with Gasteiger partial charge in [-0.2, -0.15) is 0 Å². The Morgan fingerprint density at radius 1 is 1.14 bits per heavy atom. The molecule has 0 radical (unpaired) electrons. The monoisotopic (exact) mass is 353 g/mol. The quantitative estimate of drug-likeness (QED) is 0.745. The van der Waals surface area contributed by atoms with Gasteiger partial charge in [-0.3, -0.25) is 0 Å². The lowest BCUT2D eigenvalue weighted by Gasteiger charge is -2.23. The Morgan fingerprint density at radius 3 is 2.57 bits per heavy atom. The van der Waals surface area contributed by atoms with Gasteiger partial charge in [0.2, 0.25) is 0 Å². The summed E-state index contributed by atoms with van der Waals surface area (Å²) in [4.78, 5) is 0. The summed E-state index contributed by atoms with van der Waals surface area (Å²) in [5.41, 5.74) is 1.47. The standard InChI is InChI=1S/C17H18BrF2N/c1-3-17(12-5-4-6-13(18)9-12)21-11(2)15-10-14(19)7-8-16(15)20/h4-11,17,21H,3H2,1-2H3. The molecule has 0 aliphatic carbocycles. The van der Waals surface area contributed by atoms with Crippen molar-refractivity contribution in [3.63, 3.8) is 0 Å². The van der Waals surface area contributed by atoms with Gasteiger partial charge in [-0.05, 0) is 49.2 Å². The summed E-state index contributed by atoms with van der Waals surface area (Å²) in [6.45, 7) is 3.91. The third-order valence-electron chi connectivity index (χ3n) is 3.54. The fraction of sp³-hybridized carbons (Fsp3) is 0.294. The van der Waals surface area contributed by atoms with Crippen molar-refractivity contribution in [3.8, 4) is 0 Å². The molecule has 0 spiro atoms. The minimum atomic E-state index is -0.421. The van der Waals surface area contributed by atoms with Gasteiger partial charge in [0.25, 0.3) is 0 Å². The van der Waals surface area contributed by atoms with Gasteiger partial charge in [-0.15, -0.1) is 0 Å². The zero-order valence-corrected chi connectivity index (χ0v) is 13.6. The van der Waals surface area contributed by atoms with E-state index < -0.39 is 5.82 Å². The van der Waals surface area contributed by atoms with Crippen LogP contribution >= 0.6 is 15.9 Å². The summed E-state index contributed by atoms with van der Waals surface area (Å²) in [5.74, 6) is -0.809. The molecule has 1 nitrogen and oxygen atoms in total. The Kier molecular flexibility index (Phi) is 5.48. The van der Waals surface area contributed by atoms with Crippen LogP contribution in [0.3, 0.4) is 0 Å². The Morgan fingerprint density at radius 2 is 1.90 bits per heavy atom. The smallest absolute Gasteiger partial charge is 0.128 e. The fourth-order valence-corrected chi connectivity index (χ4v) is 2.83. The van der Waals surface area contributed by atoms with Crippen molar-refractivity contribution in [3.05, 3.63) is 69.7 Å². The summed E-state index contributed by atoms with van der Waals surface area (Å²) < 4.78 is 28.1. The number of nitrogens with one attached hydrogen (secondary N) is 1. The van der Waals surface area contributed by atoms with Gasteiger partial charge in [0.1, 0.15) is 11.6 Å². The van der Waals surface area contributed by atoms with Crippen LogP contribution in [-0.4, -0.2) is 0 Å². The summed E-state index contributed by atoms with van der Waals surface area (Å²) in [7, 11) is 0. The van der Waals surface area contributed by atoms with Crippen molar-refractivity contribution in [2.24, 2.45) is 0 Å². The van der Waals surface area contributed by atoms with E-state index in [1.807, 2.05) is 31.2 Å². The molecule has 2 rings (SSSR count). The van der Waals surface area contributed by atoms with Crippen LogP contribution in [0.2, 0.25) is 0 Å². The van der Waals surface area contributed by atoms with Crippen molar-refractivity contribution in [1.82, 2.24) is 5.32 Å². The highest BCUT2D eigenvalue weighted by molar-refractivity contribution is 9.10. The predicted molar refractivity (Wildman–Crippen MR) is 85.1 cm³/mol. The summed E-state index contributed by atoms with van der Waals surface area (Å²) >= 11 is 3.45. The first-order chi connectivity index (χ1) is 10.0. The van der Waals surface area contributed by atoms with Gasteiger partial charge in [0, 0.05) is 22.1 Å². The molecule has 0 saturated carbocycles. The van der Waals surface area contributed by atoms with Crippen LogP contribution in [0.4, 0.5) is 8.78 Å². The van der Waals surface area contributed by atoms with Crippen LogP contribution in [-0.2, 0) is 0 Å². The molecule has 0 aliphatic heterocycles. The number of benzene rings is 2. The average molecular weight is 354 g/mol. The topological polar surface area (TPSA) is 12.0 Å². The van der Waals surface area contributed by atoms with Gasteiger partial charge in [-0.1, -0.05) is 35.0 Å². The largest absolute Gasteiger partial charge is 0.303 e. The maximum Gasteiger partial charge on any atom is 0.128 e. The van der Waals surface area contributed by atoms with E-state index in [2.05, 4.69) is 28.2 Å². The normalized spacial score (nSPS) is 14.0. The summed E-state index contributed by atoms with van der Waals surface area (Å²) in [5, 5.41) is 3.37. The molecule has 4 heteroatoms. The maximum absolute atomic E-state index is 13.8. The van der Waals surface area contributed by atoms with Crippen LogP contribution in [0, 0.1) is 11.6 Å². The Hall–Kier alpha value is -1.26. The van der Waals surface area contributed by atoms with E-state index in [0.717, 1.165) is 22.5 Å². The van der Waals surface area contributed by atoms with Crippen molar-refractivity contribution in [1.29, 1.82) is 0 Å². The van der Waals surface area contributed by atoms with Crippen molar-refractivity contribution in [2.75, 3.05) is 0 Å². The second-order valence-electron chi connectivity index (χ2n) is 5.07. The third-order valence-corrected chi connectivity index (χ3v) is 4.03. The maximum atomic E-state index is 13.8. The zero-order valence-electron chi connectivity index (χ0n) is 12.0. The fourth-order valence-electron chi connectivity index (χ4n) is 2.41. The van der Waals surface area contributed by atoms with E-state index in [0.29, 0.717) is 5.56 Å². The van der Waals surface area contributed by atoms with Gasteiger partial charge >= 0.3 is 0 Å². The molecule has 2 aromatic carbocycles. The SMILES string of the molecule is CCC(NC(C)c1cc(F)ccc1F)c1cccc(Br)c1.